The summed E-state index contributed by atoms with van der Waals surface area (Å²) in [6.07, 6.45) is 8.33. The van der Waals surface area contributed by atoms with E-state index in [0.717, 1.165) is 23.7 Å². The number of hydrogen-bond donors (Lipinski definition) is 2. The fraction of sp³-hybridized carbons (Fsp3) is 0.633. The number of benzene rings is 1. The lowest BCUT2D eigenvalue weighted by atomic mass is 10.0. The van der Waals surface area contributed by atoms with Gasteiger partial charge < -0.3 is 20.7 Å². The molecule has 5 rings (SSSR count). The van der Waals surface area contributed by atoms with Gasteiger partial charge in [-0.25, -0.2) is 9.00 Å². The van der Waals surface area contributed by atoms with Gasteiger partial charge in [0, 0.05) is 35.7 Å². The van der Waals surface area contributed by atoms with E-state index in [4.69, 9.17) is 8.92 Å². The minimum Gasteiger partial charge on any atom is -0.467 e. The topological polar surface area (TPSA) is 130 Å². The Morgan fingerprint density at radius 2 is 1.79 bits per heavy atom. The fourth-order valence-electron chi connectivity index (χ4n) is 5.58. The van der Waals surface area contributed by atoms with Crippen LogP contribution in [-0.2, 0) is 34.4 Å². The number of nitrogens with one attached hydrogen (secondary N) is 1. The lowest BCUT2D eigenvalue weighted by Gasteiger charge is -2.27. The number of amides is 2. The maximum absolute atomic E-state index is 13.5. The van der Waals surface area contributed by atoms with E-state index in [1.165, 1.54) is 18.4 Å². The van der Waals surface area contributed by atoms with Crippen LogP contribution in [0.15, 0.2) is 45.8 Å². The first-order valence-electron chi connectivity index (χ1n) is 14.7. The van der Waals surface area contributed by atoms with Crippen molar-refractivity contribution >= 4 is 56.4 Å². The predicted octanol–water partition coefficient (Wildman–Crippen LogP) is 4.01. The summed E-state index contributed by atoms with van der Waals surface area (Å²) in [5, 5.41) is 2.90. The average Bonchev–Trinajstić information content (AvgIpc) is 3.91. The molecule has 4 N–H and O–H groups in total. The van der Waals surface area contributed by atoms with Crippen molar-refractivity contribution in [2.45, 2.75) is 88.4 Å². The van der Waals surface area contributed by atoms with E-state index in [-0.39, 0.29) is 30.7 Å². The van der Waals surface area contributed by atoms with E-state index >= 15 is 0 Å². The highest BCUT2D eigenvalue weighted by Crippen LogP contribution is 2.47. The van der Waals surface area contributed by atoms with Gasteiger partial charge in [0.25, 0.3) is 5.91 Å². The fourth-order valence-corrected chi connectivity index (χ4v) is 6.70. The minimum atomic E-state index is -1.76. The molecule has 2 saturated carbocycles. The molecule has 1 aromatic carbocycles. The van der Waals surface area contributed by atoms with Crippen molar-refractivity contribution in [2.75, 3.05) is 20.0 Å². The zero-order valence-corrected chi connectivity index (χ0v) is 28.6. The van der Waals surface area contributed by atoms with Crippen LogP contribution in [0.3, 0.4) is 0 Å². The molecular weight excluding hydrogens is 646 g/mol. The van der Waals surface area contributed by atoms with Crippen molar-refractivity contribution in [3.8, 4) is 0 Å². The number of carbonyl (C=O) groups excluding carboxylic acids is 3. The number of halogens is 2. The third-order valence-electron chi connectivity index (χ3n) is 7.87. The van der Waals surface area contributed by atoms with E-state index in [2.05, 4.69) is 44.7 Å². The number of quaternary nitrogens is 1. The molecule has 0 bridgehead atoms. The predicted molar refractivity (Wildman–Crippen MR) is 168 cm³/mol. The molecule has 0 radical (unpaired) electrons. The lowest BCUT2D eigenvalue weighted by Crippen LogP contribution is -2.70. The highest BCUT2D eigenvalue weighted by atomic mass is 79.9. The molecule has 9 nitrogen and oxygen atoms in total. The second kappa shape index (κ2) is 16.9. The Balaban J connectivity index is 0.000000966. The smallest absolute Gasteiger partial charge is 0.332 e. The summed E-state index contributed by atoms with van der Waals surface area (Å²) in [7, 11) is 1.31. The molecule has 1 aromatic rings. The van der Waals surface area contributed by atoms with Crippen molar-refractivity contribution in [2.24, 2.45) is 17.8 Å². The van der Waals surface area contributed by atoms with E-state index in [9.17, 15) is 18.6 Å². The first-order chi connectivity index (χ1) is 20.2. The van der Waals surface area contributed by atoms with Gasteiger partial charge in [0.15, 0.2) is 17.1 Å². The normalized spacial score (nSPS) is 32.5. The number of nitrogens with zero attached hydrogens (tertiary/aromatic N) is 1. The Kier molecular flexibility index (Phi) is 14.6. The third kappa shape index (κ3) is 8.43. The Morgan fingerprint density at radius 3 is 2.40 bits per heavy atom. The van der Waals surface area contributed by atoms with Gasteiger partial charge in [-0.2, -0.15) is 0 Å². The van der Waals surface area contributed by atoms with Gasteiger partial charge >= 0.3 is 5.97 Å². The van der Waals surface area contributed by atoms with Crippen molar-refractivity contribution < 1.29 is 33.2 Å². The number of allylic oxidation sites excluding steroid dienone is 1. The standard InChI is InChI=1S/C25H30BrN3O6S.2C2H6.CH3Cl/c1-34-24(32)25-12-15(25)5-3-2-4-14-10-19(14)21(27)23(31)29-13-17(11-20(29)22(30)28-25)35-36(33)18-8-6-16(26)7-9-18;3*1-2/h3,5-9,14-15,17,19-21H,2,4,10-13,27H2,1H3,(H,28,30);2*1-2H3;1H3/p+1/b5-3-;;;/t14?,15?,17?,19?,20?,21-,25+,36?;;;/m0.../s1. The monoisotopic (exact) mass is 690 g/mol. The Bertz CT molecular complexity index is 1120. The largest absolute Gasteiger partial charge is 0.467 e. The van der Waals surface area contributed by atoms with Gasteiger partial charge in [0.2, 0.25) is 5.91 Å². The van der Waals surface area contributed by atoms with Crippen LogP contribution in [0, 0.1) is 17.8 Å². The molecule has 4 aliphatic rings. The third-order valence-corrected chi connectivity index (χ3v) is 9.51. The van der Waals surface area contributed by atoms with E-state index < -0.39 is 46.7 Å². The van der Waals surface area contributed by atoms with Crippen LogP contribution in [0.1, 0.15) is 59.8 Å². The summed E-state index contributed by atoms with van der Waals surface area (Å²) in [4.78, 5) is 41.7. The van der Waals surface area contributed by atoms with Crippen molar-refractivity contribution in [1.82, 2.24) is 10.2 Å². The first kappa shape index (κ1) is 36.4. The first-order valence-corrected chi connectivity index (χ1v) is 17.3. The zero-order valence-electron chi connectivity index (χ0n) is 25.4. The van der Waals surface area contributed by atoms with Crippen molar-refractivity contribution in [1.29, 1.82) is 0 Å². The van der Waals surface area contributed by atoms with Crippen LogP contribution in [-0.4, -0.2) is 70.7 Å². The van der Waals surface area contributed by atoms with Crippen molar-refractivity contribution in [3.63, 3.8) is 0 Å². The summed E-state index contributed by atoms with van der Waals surface area (Å²) in [5.41, 5.74) is 3.04. The summed E-state index contributed by atoms with van der Waals surface area (Å²) < 4.78 is 24.5. The highest BCUT2D eigenvalue weighted by molar-refractivity contribution is 9.10. The Morgan fingerprint density at radius 1 is 1.14 bits per heavy atom. The Labute approximate surface area is 266 Å². The summed E-state index contributed by atoms with van der Waals surface area (Å²) in [5.74, 6) is -0.633. The van der Waals surface area contributed by atoms with Gasteiger partial charge in [0.05, 0.1) is 18.1 Å². The summed E-state index contributed by atoms with van der Waals surface area (Å²) >= 11 is 6.24. The maximum Gasteiger partial charge on any atom is 0.332 e. The van der Waals surface area contributed by atoms with E-state index in [1.54, 1.807) is 24.3 Å². The summed E-state index contributed by atoms with van der Waals surface area (Å²) in [6, 6.07) is 5.64. The maximum atomic E-state index is 13.5. The number of esters is 1. The molecule has 0 aromatic heterocycles. The van der Waals surface area contributed by atoms with Crippen LogP contribution in [0.2, 0.25) is 0 Å². The molecular formula is C30H46BrClN3O6S+. The summed E-state index contributed by atoms with van der Waals surface area (Å²) in [6.45, 7) is 8.14. The number of methoxy groups -OCH3 is 1. The lowest BCUT2D eigenvalue weighted by molar-refractivity contribution is -0.412. The molecule has 8 atom stereocenters. The van der Waals surface area contributed by atoms with Gasteiger partial charge in [-0.1, -0.05) is 55.8 Å². The molecule has 236 valence electrons. The SMILES string of the molecule is CC.CC.CCl.COC(=O)[C@@]12CC1/C=C\CCC1CC1[C@H]([NH3+])C(=O)N1CC(OS(=O)c3ccc(Br)cc3)CC1C(=O)N2. The molecule has 2 heterocycles. The Hall–Kier alpha value is -1.79. The molecule has 2 aliphatic carbocycles. The molecule has 42 heavy (non-hydrogen) atoms. The van der Waals surface area contributed by atoms with Crippen LogP contribution in [0.4, 0.5) is 0 Å². The van der Waals surface area contributed by atoms with Crippen LogP contribution < -0.4 is 11.1 Å². The number of carbonyl (C=O) groups is 3. The van der Waals surface area contributed by atoms with Crippen LogP contribution in [0.25, 0.3) is 0 Å². The quantitative estimate of drug-likeness (QED) is 0.279. The molecule has 0 spiro atoms. The molecule has 2 aliphatic heterocycles. The van der Waals surface area contributed by atoms with Gasteiger partial charge in [-0.3, -0.25) is 13.8 Å². The number of alkyl halides is 1. The van der Waals surface area contributed by atoms with Gasteiger partial charge in [-0.15, -0.1) is 11.6 Å². The zero-order chi connectivity index (χ0) is 31.6. The number of hydrogen-bond acceptors (Lipinski definition) is 6. The van der Waals surface area contributed by atoms with Gasteiger partial charge in [-0.05, 0) is 55.9 Å². The number of rotatable bonds is 4. The molecule has 1 saturated heterocycles. The van der Waals surface area contributed by atoms with Crippen LogP contribution in [0.5, 0.6) is 0 Å². The molecule has 3 fully saturated rings. The molecule has 2 amide bonds. The van der Waals surface area contributed by atoms with Crippen molar-refractivity contribution in [3.05, 3.63) is 40.9 Å². The highest BCUT2D eigenvalue weighted by Gasteiger charge is 2.62. The average molecular weight is 692 g/mol. The number of ether oxygens (including phenoxy) is 1. The van der Waals surface area contributed by atoms with E-state index in [0.29, 0.717) is 17.2 Å². The second-order valence-corrected chi connectivity index (χ2v) is 12.2. The van der Waals surface area contributed by atoms with E-state index in [1.807, 2.05) is 33.8 Å². The second-order valence-electron chi connectivity index (χ2n) is 10.2. The number of fused-ring (bicyclic) bond motifs is 3. The minimum absolute atomic E-state index is 0.136. The van der Waals surface area contributed by atoms with Crippen LogP contribution >= 0.6 is 27.5 Å². The molecule has 6 unspecified atom stereocenters. The van der Waals surface area contributed by atoms with Gasteiger partial charge in [0.1, 0.15) is 11.6 Å². The molecule has 12 heteroatoms.